The van der Waals surface area contributed by atoms with Crippen molar-refractivity contribution in [3.63, 3.8) is 0 Å². The largest absolute Gasteiger partial charge is 0.437 e. The molecule has 0 radical (unpaired) electrons. The lowest BCUT2D eigenvalue weighted by atomic mass is 9.96. The van der Waals surface area contributed by atoms with E-state index in [1.54, 1.807) is 6.07 Å². The van der Waals surface area contributed by atoms with Crippen LogP contribution in [0.1, 0.15) is 20.1 Å². The van der Waals surface area contributed by atoms with E-state index in [0.29, 0.717) is 11.0 Å². The van der Waals surface area contributed by atoms with Gasteiger partial charge in [0.15, 0.2) is 11.9 Å². The molecule has 1 aliphatic heterocycles. The van der Waals surface area contributed by atoms with Gasteiger partial charge in [-0.05, 0) is 19.9 Å². The summed E-state index contributed by atoms with van der Waals surface area (Å²) in [6, 6.07) is 1.62. The molecule has 4 heterocycles. The molecule has 4 rings (SSSR count). The standard InChI is InChI=1S/C16H20FN6O5P/c1-9(28-29(25,26)22-6-4-19-8-22)11-12(24)16(2,17)15(27-11)23-5-3-10-13(18)20-7-21-14(10)23/h3-9,11-12,15,24H,1-2H3,(H,25,26)(H2,18,20,21). The summed E-state index contributed by atoms with van der Waals surface area (Å²) in [7, 11) is -4.30. The number of aromatic nitrogens is 5. The smallest absolute Gasteiger partial charge is 0.387 e. The van der Waals surface area contributed by atoms with Gasteiger partial charge in [0.2, 0.25) is 0 Å². The number of nitrogens with zero attached hydrogens (tertiary/aromatic N) is 5. The number of hydrogen-bond acceptors (Lipinski definition) is 8. The molecular formula is C16H20FN6O5P. The summed E-state index contributed by atoms with van der Waals surface area (Å²) in [6.45, 7) is 2.60. The molecule has 3 aromatic rings. The van der Waals surface area contributed by atoms with Gasteiger partial charge >= 0.3 is 7.75 Å². The van der Waals surface area contributed by atoms with Gasteiger partial charge in [-0.1, -0.05) is 0 Å². The van der Waals surface area contributed by atoms with Crippen molar-refractivity contribution in [2.24, 2.45) is 0 Å². The van der Waals surface area contributed by atoms with Gasteiger partial charge in [-0.25, -0.2) is 28.2 Å². The summed E-state index contributed by atoms with van der Waals surface area (Å²) < 4.78 is 41.2. The van der Waals surface area contributed by atoms with Crippen molar-refractivity contribution >= 4 is 24.6 Å². The van der Waals surface area contributed by atoms with Crippen LogP contribution in [-0.4, -0.2) is 57.8 Å². The molecule has 4 N–H and O–H groups in total. The number of nitrogen functional groups attached to an aromatic ring is 1. The first-order chi connectivity index (χ1) is 13.6. The molecule has 13 heteroatoms. The summed E-state index contributed by atoms with van der Waals surface area (Å²) in [5.41, 5.74) is 3.90. The number of imidazole rings is 1. The van der Waals surface area contributed by atoms with Crippen LogP contribution in [0.25, 0.3) is 11.0 Å². The van der Waals surface area contributed by atoms with Gasteiger partial charge in [-0.2, -0.15) is 0 Å². The van der Waals surface area contributed by atoms with Crippen LogP contribution in [0.5, 0.6) is 0 Å². The van der Waals surface area contributed by atoms with E-state index in [0.717, 1.165) is 10.7 Å². The topological polar surface area (TPSA) is 151 Å². The van der Waals surface area contributed by atoms with E-state index >= 15 is 4.39 Å². The normalized spacial score (nSPS) is 30.4. The summed E-state index contributed by atoms with van der Waals surface area (Å²) >= 11 is 0. The zero-order chi connectivity index (χ0) is 21.0. The van der Waals surface area contributed by atoms with Crippen LogP contribution in [0, 0.1) is 0 Å². The van der Waals surface area contributed by atoms with Crippen molar-refractivity contribution in [1.82, 2.24) is 23.9 Å². The quantitative estimate of drug-likeness (QED) is 0.512. The lowest BCUT2D eigenvalue weighted by Crippen LogP contribution is -2.43. The fourth-order valence-electron chi connectivity index (χ4n) is 3.44. The molecule has 0 bridgehead atoms. The first-order valence-electron chi connectivity index (χ1n) is 8.72. The fraction of sp³-hybridized carbons (Fsp3) is 0.438. The molecule has 0 aromatic carbocycles. The maximum Gasteiger partial charge on any atom is 0.437 e. The molecule has 1 fully saturated rings. The second-order valence-corrected chi connectivity index (χ2v) is 8.67. The second-order valence-electron chi connectivity index (χ2n) is 7.01. The van der Waals surface area contributed by atoms with Crippen molar-refractivity contribution in [3.8, 4) is 0 Å². The van der Waals surface area contributed by atoms with Gasteiger partial charge < -0.3 is 25.0 Å². The Balaban J connectivity index is 1.62. The highest BCUT2D eigenvalue weighted by molar-refractivity contribution is 7.51. The van der Waals surface area contributed by atoms with Crippen LogP contribution in [0.15, 0.2) is 37.3 Å². The van der Waals surface area contributed by atoms with E-state index in [4.69, 9.17) is 15.0 Å². The molecule has 156 valence electrons. The molecule has 0 amide bonds. The number of rotatable bonds is 5. The first kappa shape index (κ1) is 19.9. The number of nitrogens with two attached hydrogens (primary N) is 1. The fourth-order valence-corrected chi connectivity index (χ4v) is 4.52. The molecule has 0 aliphatic carbocycles. The third kappa shape index (κ3) is 3.22. The lowest BCUT2D eigenvalue weighted by Gasteiger charge is -2.26. The van der Waals surface area contributed by atoms with Crippen molar-refractivity contribution in [3.05, 3.63) is 37.3 Å². The van der Waals surface area contributed by atoms with Crippen LogP contribution in [0.3, 0.4) is 0 Å². The van der Waals surface area contributed by atoms with E-state index in [1.807, 2.05) is 0 Å². The molecule has 11 nitrogen and oxygen atoms in total. The van der Waals surface area contributed by atoms with E-state index in [9.17, 15) is 14.6 Å². The number of aliphatic hydroxyl groups is 1. The van der Waals surface area contributed by atoms with Gasteiger partial charge in [0.05, 0.1) is 11.5 Å². The number of halogens is 1. The molecule has 3 aromatic heterocycles. The Morgan fingerprint density at radius 1 is 1.45 bits per heavy atom. The zero-order valence-electron chi connectivity index (χ0n) is 15.5. The summed E-state index contributed by atoms with van der Waals surface area (Å²) in [5, 5.41) is 11.1. The number of hydrogen-bond donors (Lipinski definition) is 3. The molecule has 6 unspecified atom stereocenters. The SMILES string of the molecule is CC(OP(=O)(O)n1ccnc1)C1OC(n2ccc3c(N)ncnc32)C(C)(F)C1O. The Kier molecular flexibility index (Phi) is 4.71. The van der Waals surface area contributed by atoms with Gasteiger partial charge in [-0.15, -0.1) is 0 Å². The van der Waals surface area contributed by atoms with E-state index < -0.39 is 38.0 Å². The minimum absolute atomic E-state index is 0.225. The van der Waals surface area contributed by atoms with Gasteiger partial charge in [0.1, 0.15) is 36.3 Å². The Bertz CT molecular complexity index is 1070. The number of fused-ring (bicyclic) bond motifs is 1. The average molecular weight is 426 g/mol. The highest BCUT2D eigenvalue weighted by Gasteiger charge is 2.57. The Morgan fingerprint density at radius 3 is 2.90 bits per heavy atom. The van der Waals surface area contributed by atoms with Crippen LogP contribution in [0.2, 0.25) is 0 Å². The number of anilines is 1. The minimum Gasteiger partial charge on any atom is -0.387 e. The monoisotopic (exact) mass is 426 g/mol. The number of ether oxygens (including phenoxy) is 1. The van der Waals surface area contributed by atoms with E-state index in [1.165, 1.54) is 43.3 Å². The van der Waals surface area contributed by atoms with Crippen molar-refractivity contribution in [2.75, 3.05) is 5.73 Å². The maximum absolute atomic E-state index is 15.5. The predicted molar refractivity (Wildman–Crippen MR) is 99.4 cm³/mol. The molecule has 6 atom stereocenters. The predicted octanol–water partition coefficient (Wildman–Crippen LogP) is 1.25. The highest BCUT2D eigenvalue weighted by Crippen LogP contribution is 2.49. The molecule has 0 saturated carbocycles. The summed E-state index contributed by atoms with van der Waals surface area (Å²) in [6.07, 6.45) is 1.22. The van der Waals surface area contributed by atoms with Crippen LogP contribution in [0.4, 0.5) is 10.2 Å². The molecule has 0 spiro atoms. The van der Waals surface area contributed by atoms with Crippen LogP contribution >= 0.6 is 7.75 Å². The Labute approximate surface area is 164 Å². The summed E-state index contributed by atoms with van der Waals surface area (Å²) in [5.74, 6) is 0.225. The number of aliphatic hydroxyl groups excluding tert-OH is 1. The van der Waals surface area contributed by atoms with E-state index in [-0.39, 0.29) is 5.82 Å². The molecule has 29 heavy (non-hydrogen) atoms. The first-order valence-corrected chi connectivity index (χ1v) is 10.3. The Hall–Kier alpha value is -2.37. The van der Waals surface area contributed by atoms with Crippen molar-refractivity contribution in [1.29, 1.82) is 0 Å². The van der Waals surface area contributed by atoms with Crippen LogP contribution < -0.4 is 5.73 Å². The molecule has 1 aliphatic rings. The minimum atomic E-state index is -4.30. The third-order valence-corrected chi connectivity index (χ3v) is 6.43. The van der Waals surface area contributed by atoms with E-state index in [2.05, 4.69) is 15.0 Å². The molecule has 1 saturated heterocycles. The van der Waals surface area contributed by atoms with Crippen LogP contribution in [-0.2, 0) is 13.8 Å². The van der Waals surface area contributed by atoms with Gasteiger partial charge in [0.25, 0.3) is 0 Å². The van der Waals surface area contributed by atoms with Crippen molar-refractivity contribution in [2.45, 2.75) is 44.1 Å². The average Bonchev–Trinajstić information content (AvgIpc) is 3.36. The maximum atomic E-state index is 15.5. The second kappa shape index (κ2) is 6.85. The van der Waals surface area contributed by atoms with Gasteiger partial charge in [-0.3, -0.25) is 4.52 Å². The summed E-state index contributed by atoms with van der Waals surface area (Å²) in [4.78, 5) is 21.8. The Morgan fingerprint density at radius 2 is 2.21 bits per heavy atom. The zero-order valence-corrected chi connectivity index (χ0v) is 16.4. The third-order valence-electron chi connectivity index (χ3n) is 5.00. The number of alkyl halides is 1. The molecular weight excluding hydrogens is 406 g/mol. The van der Waals surface area contributed by atoms with Gasteiger partial charge in [0, 0.05) is 18.6 Å². The van der Waals surface area contributed by atoms with Crippen molar-refractivity contribution < 1.29 is 28.2 Å². The lowest BCUT2D eigenvalue weighted by molar-refractivity contribution is -0.0749. The highest BCUT2D eigenvalue weighted by atomic mass is 31.2.